The van der Waals surface area contributed by atoms with Crippen LogP contribution in [0.15, 0.2) is 34.8 Å². The fraction of sp³-hybridized carbons (Fsp3) is 0.231. The zero-order chi connectivity index (χ0) is 15.6. The molecule has 114 valence electrons. The van der Waals surface area contributed by atoms with Crippen molar-refractivity contribution in [2.75, 3.05) is 0 Å². The van der Waals surface area contributed by atoms with E-state index in [-0.39, 0.29) is 12.2 Å². The molecule has 0 radical (unpaired) electrons. The lowest BCUT2D eigenvalue weighted by Crippen LogP contribution is -2.17. The van der Waals surface area contributed by atoms with Gasteiger partial charge in [0.15, 0.2) is 0 Å². The summed E-state index contributed by atoms with van der Waals surface area (Å²) in [5, 5.41) is 10.1. The predicted octanol–water partition coefficient (Wildman–Crippen LogP) is 5.34. The zero-order valence-corrected chi connectivity index (χ0v) is 13.5. The average Bonchev–Trinajstić information content (AvgIpc) is 2.70. The van der Waals surface area contributed by atoms with Gasteiger partial charge in [0.1, 0.15) is 10.1 Å². The van der Waals surface area contributed by atoms with Crippen LogP contribution in [0.2, 0.25) is 4.34 Å². The Hall–Kier alpha value is -0.760. The molecular formula is C13H9BrClF3O2S. The first-order valence-electron chi connectivity index (χ1n) is 5.72. The fourth-order valence-electron chi connectivity index (χ4n) is 1.68. The first-order chi connectivity index (χ1) is 9.74. The summed E-state index contributed by atoms with van der Waals surface area (Å²) in [4.78, 5) is 0.683. The van der Waals surface area contributed by atoms with E-state index in [1.165, 1.54) is 35.6 Å². The summed E-state index contributed by atoms with van der Waals surface area (Å²) in [7, 11) is 0. The van der Waals surface area contributed by atoms with E-state index >= 15 is 0 Å². The van der Waals surface area contributed by atoms with Crippen molar-refractivity contribution in [3.05, 3.63) is 49.6 Å². The van der Waals surface area contributed by atoms with Crippen molar-refractivity contribution < 1.29 is 23.0 Å². The maximum Gasteiger partial charge on any atom is 0.573 e. The van der Waals surface area contributed by atoms with Gasteiger partial charge in [-0.15, -0.1) is 24.5 Å². The highest BCUT2D eigenvalue weighted by molar-refractivity contribution is 9.10. The number of aliphatic hydroxyl groups excluding tert-OH is 1. The molecule has 1 unspecified atom stereocenters. The van der Waals surface area contributed by atoms with Crippen molar-refractivity contribution in [1.82, 2.24) is 0 Å². The first-order valence-corrected chi connectivity index (χ1v) is 7.71. The summed E-state index contributed by atoms with van der Waals surface area (Å²) in [6, 6.07) is 7.11. The van der Waals surface area contributed by atoms with Gasteiger partial charge in [-0.1, -0.05) is 23.7 Å². The molecule has 21 heavy (non-hydrogen) atoms. The third-order valence-corrected chi connectivity index (χ3v) is 5.15. The van der Waals surface area contributed by atoms with Crippen molar-refractivity contribution in [2.45, 2.75) is 18.9 Å². The summed E-state index contributed by atoms with van der Waals surface area (Å²) in [6.45, 7) is 0. The molecule has 1 atom stereocenters. The second-order valence-electron chi connectivity index (χ2n) is 4.18. The van der Waals surface area contributed by atoms with Crippen LogP contribution in [0.3, 0.4) is 0 Å². The minimum absolute atomic E-state index is 0.273. The summed E-state index contributed by atoms with van der Waals surface area (Å²) >= 11 is 10.4. The SMILES string of the molecule is OC(Cc1ccc(OC(F)(F)F)cc1)c1cc(Br)c(Cl)s1. The van der Waals surface area contributed by atoms with Crippen LogP contribution in [-0.4, -0.2) is 11.5 Å². The van der Waals surface area contributed by atoms with Crippen molar-refractivity contribution in [2.24, 2.45) is 0 Å². The Labute approximate surface area is 136 Å². The number of rotatable bonds is 4. The Morgan fingerprint density at radius 2 is 1.90 bits per heavy atom. The van der Waals surface area contributed by atoms with E-state index in [9.17, 15) is 18.3 Å². The van der Waals surface area contributed by atoms with Gasteiger partial charge in [-0.25, -0.2) is 0 Å². The van der Waals surface area contributed by atoms with Gasteiger partial charge >= 0.3 is 6.36 Å². The van der Waals surface area contributed by atoms with Crippen LogP contribution in [0, 0.1) is 0 Å². The summed E-state index contributed by atoms with van der Waals surface area (Å²) in [5.74, 6) is -0.289. The van der Waals surface area contributed by atoms with Crippen molar-refractivity contribution in [3.8, 4) is 5.75 Å². The molecule has 0 saturated heterocycles. The molecule has 1 N–H and O–H groups in total. The largest absolute Gasteiger partial charge is 0.573 e. The Kier molecular flexibility index (Phi) is 5.19. The molecule has 1 heterocycles. The van der Waals surface area contributed by atoms with Gasteiger partial charge in [-0.2, -0.15) is 0 Å². The van der Waals surface area contributed by atoms with Crippen LogP contribution in [0.25, 0.3) is 0 Å². The molecule has 0 aliphatic heterocycles. The molecular weight excluding hydrogens is 393 g/mol. The van der Waals surface area contributed by atoms with E-state index in [4.69, 9.17) is 11.6 Å². The maximum atomic E-state index is 12.0. The summed E-state index contributed by atoms with van der Waals surface area (Å²) < 4.78 is 41.1. The van der Waals surface area contributed by atoms with E-state index in [0.29, 0.717) is 19.2 Å². The van der Waals surface area contributed by atoms with Gasteiger partial charge in [-0.05, 0) is 39.7 Å². The second-order valence-corrected chi connectivity index (χ2v) is 6.72. The number of aliphatic hydroxyl groups is 1. The monoisotopic (exact) mass is 400 g/mol. The molecule has 0 amide bonds. The van der Waals surface area contributed by atoms with E-state index in [1.807, 2.05) is 0 Å². The van der Waals surface area contributed by atoms with Gasteiger partial charge in [0.2, 0.25) is 0 Å². The number of ether oxygens (including phenoxy) is 1. The van der Waals surface area contributed by atoms with Gasteiger partial charge < -0.3 is 9.84 Å². The number of hydrogen-bond donors (Lipinski definition) is 1. The molecule has 2 aromatic rings. The van der Waals surface area contributed by atoms with Gasteiger partial charge in [0, 0.05) is 15.8 Å². The van der Waals surface area contributed by atoms with E-state index in [1.54, 1.807) is 6.07 Å². The molecule has 0 fully saturated rings. The van der Waals surface area contributed by atoms with Crippen LogP contribution >= 0.6 is 38.9 Å². The zero-order valence-electron chi connectivity index (χ0n) is 10.3. The predicted molar refractivity (Wildman–Crippen MR) is 78.8 cm³/mol. The highest BCUT2D eigenvalue weighted by atomic mass is 79.9. The lowest BCUT2D eigenvalue weighted by Gasteiger charge is -2.11. The van der Waals surface area contributed by atoms with Gasteiger partial charge in [0.05, 0.1) is 6.10 Å². The van der Waals surface area contributed by atoms with Crippen LogP contribution in [-0.2, 0) is 6.42 Å². The second kappa shape index (κ2) is 6.56. The lowest BCUT2D eigenvalue weighted by molar-refractivity contribution is -0.274. The molecule has 2 rings (SSSR count). The van der Waals surface area contributed by atoms with Crippen molar-refractivity contribution in [3.63, 3.8) is 0 Å². The standard InChI is InChI=1S/C13H9BrClF3O2S/c14-9-6-11(21-12(9)15)10(19)5-7-1-3-8(4-2-7)20-13(16,17)18/h1-4,6,10,19H,5H2. The first kappa shape index (κ1) is 16.6. The number of thiophene rings is 1. The molecule has 0 aliphatic carbocycles. The molecule has 2 nitrogen and oxygen atoms in total. The van der Waals surface area contributed by atoms with Crippen LogP contribution in [0.4, 0.5) is 13.2 Å². The van der Waals surface area contributed by atoms with Gasteiger partial charge in [-0.3, -0.25) is 0 Å². The van der Waals surface area contributed by atoms with Crippen LogP contribution < -0.4 is 4.74 Å². The van der Waals surface area contributed by atoms with E-state index in [0.717, 1.165) is 0 Å². The molecule has 0 spiro atoms. The van der Waals surface area contributed by atoms with Crippen molar-refractivity contribution >= 4 is 38.9 Å². The van der Waals surface area contributed by atoms with Crippen molar-refractivity contribution in [1.29, 1.82) is 0 Å². The Bertz CT molecular complexity index is 593. The topological polar surface area (TPSA) is 29.5 Å². The third kappa shape index (κ3) is 4.88. The number of hydrogen-bond acceptors (Lipinski definition) is 3. The molecule has 1 aromatic carbocycles. The number of halogens is 5. The summed E-state index contributed by atoms with van der Waals surface area (Å²) in [5.41, 5.74) is 0.692. The van der Waals surface area contributed by atoms with E-state index in [2.05, 4.69) is 20.7 Å². The minimum Gasteiger partial charge on any atom is -0.406 e. The average molecular weight is 402 g/mol. The molecule has 0 bridgehead atoms. The molecule has 8 heteroatoms. The molecule has 0 aliphatic rings. The summed E-state index contributed by atoms with van der Waals surface area (Å²) in [6.07, 6.45) is -5.20. The fourth-order valence-corrected chi connectivity index (χ4v) is 3.40. The smallest absolute Gasteiger partial charge is 0.406 e. The Balaban J connectivity index is 2.03. The normalized spacial score (nSPS) is 13.2. The molecule has 0 saturated carbocycles. The van der Waals surface area contributed by atoms with E-state index < -0.39 is 12.5 Å². The molecule has 1 aromatic heterocycles. The number of alkyl halides is 3. The Morgan fingerprint density at radius 1 is 1.29 bits per heavy atom. The van der Waals surface area contributed by atoms with Gasteiger partial charge in [0.25, 0.3) is 0 Å². The lowest BCUT2D eigenvalue weighted by atomic mass is 10.1. The van der Waals surface area contributed by atoms with Crippen LogP contribution in [0.5, 0.6) is 5.75 Å². The highest BCUT2D eigenvalue weighted by Gasteiger charge is 2.30. The minimum atomic E-state index is -4.71. The maximum absolute atomic E-state index is 12.0. The third-order valence-electron chi connectivity index (χ3n) is 2.58. The quantitative estimate of drug-likeness (QED) is 0.749. The Morgan fingerprint density at radius 3 is 2.38 bits per heavy atom. The van der Waals surface area contributed by atoms with Crippen LogP contribution in [0.1, 0.15) is 16.5 Å². The highest BCUT2D eigenvalue weighted by Crippen LogP contribution is 2.36. The number of benzene rings is 1.